The van der Waals surface area contributed by atoms with Gasteiger partial charge in [0.25, 0.3) is 0 Å². The van der Waals surface area contributed by atoms with Crippen LogP contribution in [0.4, 0.5) is 0 Å². The van der Waals surface area contributed by atoms with Crippen molar-refractivity contribution in [3.05, 3.63) is 23.3 Å². The lowest BCUT2D eigenvalue weighted by Gasteiger charge is -1.94. The van der Waals surface area contributed by atoms with Crippen molar-refractivity contribution in [3.8, 4) is 0 Å². The van der Waals surface area contributed by atoms with E-state index in [-0.39, 0.29) is 11.6 Å². The minimum Gasteiger partial charge on any atom is -0.295 e. The summed E-state index contributed by atoms with van der Waals surface area (Å²) in [7, 11) is 0. The van der Waals surface area contributed by atoms with Gasteiger partial charge in [0.05, 0.1) is 0 Å². The Labute approximate surface area is 85.7 Å². The summed E-state index contributed by atoms with van der Waals surface area (Å²) in [6.45, 7) is 7.48. The van der Waals surface area contributed by atoms with Crippen molar-refractivity contribution in [2.75, 3.05) is 0 Å². The van der Waals surface area contributed by atoms with E-state index in [4.69, 9.17) is 0 Å². The molecule has 0 rings (SSSR count). The van der Waals surface area contributed by atoms with Crippen molar-refractivity contribution in [1.82, 2.24) is 0 Å². The number of ketones is 2. The smallest absolute Gasteiger partial charge is 0.156 e. The molecule has 0 atom stereocenters. The Balaban J connectivity index is 3.96. The normalized spacial score (nSPS) is 9.14. The molecule has 0 aliphatic heterocycles. The molecule has 0 aromatic carbocycles. The molecule has 14 heavy (non-hydrogen) atoms. The molecule has 2 heteroatoms. The van der Waals surface area contributed by atoms with Crippen LogP contribution in [0.3, 0.4) is 0 Å². The first-order valence-electron chi connectivity index (χ1n) is 4.77. The van der Waals surface area contributed by atoms with E-state index in [1.807, 2.05) is 27.7 Å². The van der Waals surface area contributed by atoms with Gasteiger partial charge in [-0.2, -0.15) is 0 Å². The van der Waals surface area contributed by atoms with E-state index in [0.29, 0.717) is 12.8 Å². The van der Waals surface area contributed by atoms with E-state index in [1.165, 1.54) is 0 Å². The fourth-order valence-corrected chi connectivity index (χ4v) is 1.03. The highest BCUT2D eigenvalue weighted by Crippen LogP contribution is 2.00. The molecule has 0 spiro atoms. The number of hydrogen-bond acceptors (Lipinski definition) is 2. The van der Waals surface area contributed by atoms with Crippen LogP contribution in [0.25, 0.3) is 0 Å². The Hall–Kier alpha value is -1.18. The maximum atomic E-state index is 11.2. The summed E-state index contributed by atoms with van der Waals surface area (Å²) < 4.78 is 0. The first-order chi connectivity index (χ1) is 6.41. The van der Waals surface area contributed by atoms with Crippen molar-refractivity contribution in [2.45, 2.75) is 40.5 Å². The molecule has 0 N–H and O–H groups in total. The highest BCUT2D eigenvalue weighted by atomic mass is 16.1. The molecule has 0 unspecified atom stereocenters. The zero-order valence-corrected chi connectivity index (χ0v) is 9.39. The van der Waals surface area contributed by atoms with Crippen LogP contribution in [-0.4, -0.2) is 11.6 Å². The van der Waals surface area contributed by atoms with E-state index in [9.17, 15) is 9.59 Å². The van der Waals surface area contributed by atoms with Crippen LogP contribution in [0.2, 0.25) is 0 Å². The predicted molar refractivity (Wildman–Crippen MR) is 58.1 cm³/mol. The standard InChI is InChI=1S/C12H18O2/c1-9(2)7-11(13)5-6-12(14)8-10(3)4/h7-8H,5-6H2,1-4H3. The molecule has 0 aliphatic carbocycles. The van der Waals surface area contributed by atoms with Crippen LogP contribution < -0.4 is 0 Å². The van der Waals surface area contributed by atoms with Crippen molar-refractivity contribution in [2.24, 2.45) is 0 Å². The van der Waals surface area contributed by atoms with Gasteiger partial charge < -0.3 is 0 Å². The van der Waals surface area contributed by atoms with Crippen LogP contribution in [-0.2, 0) is 9.59 Å². The Morgan fingerprint density at radius 1 is 0.786 bits per heavy atom. The van der Waals surface area contributed by atoms with Crippen LogP contribution in [0.15, 0.2) is 23.3 Å². The van der Waals surface area contributed by atoms with Crippen LogP contribution in [0, 0.1) is 0 Å². The Bertz CT molecular complexity index is 245. The van der Waals surface area contributed by atoms with Gasteiger partial charge in [-0.05, 0) is 39.8 Å². The number of hydrogen-bond donors (Lipinski definition) is 0. The monoisotopic (exact) mass is 194 g/mol. The van der Waals surface area contributed by atoms with Gasteiger partial charge >= 0.3 is 0 Å². The summed E-state index contributed by atoms with van der Waals surface area (Å²) in [5.74, 6) is 0.0565. The maximum absolute atomic E-state index is 11.2. The topological polar surface area (TPSA) is 34.1 Å². The molecular formula is C12H18O2. The van der Waals surface area contributed by atoms with Gasteiger partial charge in [0.2, 0.25) is 0 Å². The molecule has 0 heterocycles. The molecule has 2 nitrogen and oxygen atoms in total. The molecular weight excluding hydrogens is 176 g/mol. The molecule has 0 radical (unpaired) electrons. The second kappa shape index (κ2) is 6.30. The summed E-state index contributed by atoms with van der Waals surface area (Å²) in [6.07, 6.45) is 3.78. The van der Waals surface area contributed by atoms with Crippen LogP contribution in [0.1, 0.15) is 40.5 Å². The maximum Gasteiger partial charge on any atom is 0.156 e. The summed E-state index contributed by atoms with van der Waals surface area (Å²) in [6, 6.07) is 0. The molecule has 0 bridgehead atoms. The van der Waals surface area contributed by atoms with E-state index >= 15 is 0 Å². The lowest BCUT2D eigenvalue weighted by atomic mass is 10.1. The Kier molecular flexibility index (Phi) is 5.77. The number of carbonyl (C=O) groups is 2. The van der Waals surface area contributed by atoms with E-state index in [2.05, 4.69) is 0 Å². The van der Waals surface area contributed by atoms with Gasteiger partial charge in [0, 0.05) is 12.8 Å². The zero-order valence-electron chi connectivity index (χ0n) is 9.39. The van der Waals surface area contributed by atoms with Gasteiger partial charge in [0.1, 0.15) is 0 Å². The fraction of sp³-hybridized carbons (Fsp3) is 0.500. The Morgan fingerprint density at radius 2 is 1.07 bits per heavy atom. The summed E-state index contributed by atoms with van der Waals surface area (Å²) in [5.41, 5.74) is 1.95. The molecule has 0 fully saturated rings. The molecule has 0 saturated carbocycles. The average Bonchev–Trinajstić information content (AvgIpc) is 1.98. The highest BCUT2D eigenvalue weighted by Gasteiger charge is 2.02. The van der Waals surface area contributed by atoms with Crippen molar-refractivity contribution in [1.29, 1.82) is 0 Å². The molecule has 0 aromatic rings. The summed E-state index contributed by atoms with van der Waals surface area (Å²) in [5, 5.41) is 0. The number of allylic oxidation sites excluding steroid dienone is 4. The molecule has 0 amide bonds. The van der Waals surface area contributed by atoms with Gasteiger partial charge in [0.15, 0.2) is 11.6 Å². The second-order valence-corrected chi connectivity index (χ2v) is 3.88. The van der Waals surface area contributed by atoms with Crippen molar-refractivity contribution < 1.29 is 9.59 Å². The first kappa shape index (κ1) is 12.8. The largest absolute Gasteiger partial charge is 0.295 e. The van der Waals surface area contributed by atoms with E-state index in [0.717, 1.165) is 11.1 Å². The lowest BCUT2D eigenvalue weighted by Crippen LogP contribution is -2.00. The average molecular weight is 194 g/mol. The summed E-state index contributed by atoms with van der Waals surface area (Å²) in [4.78, 5) is 22.4. The van der Waals surface area contributed by atoms with Crippen LogP contribution >= 0.6 is 0 Å². The fourth-order valence-electron chi connectivity index (χ4n) is 1.03. The quantitative estimate of drug-likeness (QED) is 0.631. The zero-order chi connectivity index (χ0) is 11.1. The molecule has 0 aromatic heterocycles. The minimum absolute atomic E-state index is 0.0282. The van der Waals surface area contributed by atoms with Gasteiger partial charge in [-0.3, -0.25) is 9.59 Å². The first-order valence-corrected chi connectivity index (χ1v) is 4.77. The SMILES string of the molecule is CC(C)=CC(=O)CCC(=O)C=C(C)C. The third-order valence-corrected chi connectivity index (χ3v) is 1.52. The highest BCUT2D eigenvalue weighted by molar-refractivity contribution is 5.96. The molecule has 78 valence electrons. The molecule has 0 saturated heterocycles. The number of rotatable bonds is 5. The van der Waals surface area contributed by atoms with Gasteiger partial charge in [-0.25, -0.2) is 0 Å². The molecule has 0 aliphatic rings. The third kappa shape index (κ3) is 7.47. The Morgan fingerprint density at radius 3 is 1.29 bits per heavy atom. The van der Waals surface area contributed by atoms with Crippen molar-refractivity contribution >= 4 is 11.6 Å². The van der Waals surface area contributed by atoms with Crippen LogP contribution in [0.5, 0.6) is 0 Å². The van der Waals surface area contributed by atoms with Gasteiger partial charge in [-0.15, -0.1) is 0 Å². The van der Waals surface area contributed by atoms with E-state index < -0.39 is 0 Å². The van der Waals surface area contributed by atoms with Crippen molar-refractivity contribution in [3.63, 3.8) is 0 Å². The second-order valence-electron chi connectivity index (χ2n) is 3.88. The summed E-state index contributed by atoms with van der Waals surface area (Å²) >= 11 is 0. The predicted octanol–water partition coefficient (Wildman–Crippen LogP) is 2.84. The lowest BCUT2D eigenvalue weighted by molar-refractivity contribution is -0.119. The minimum atomic E-state index is 0.0282. The van der Waals surface area contributed by atoms with Gasteiger partial charge in [-0.1, -0.05) is 11.1 Å². The van der Waals surface area contributed by atoms with E-state index in [1.54, 1.807) is 12.2 Å². The number of carbonyl (C=O) groups excluding carboxylic acids is 2. The third-order valence-electron chi connectivity index (χ3n) is 1.52.